The van der Waals surface area contributed by atoms with Crippen LogP contribution in [0.15, 0.2) is 12.2 Å². The van der Waals surface area contributed by atoms with Crippen molar-refractivity contribution in [3.8, 4) is 0 Å². The molecule has 0 spiro atoms. The molecule has 3 rings (SSSR count). The van der Waals surface area contributed by atoms with Gasteiger partial charge in [0.2, 0.25) is 0 Å². The maximum atomic E-state index is 12.3. The highest BCUT2D eigenvalue weighted by Crippen LogP contribution is 2.41. The van der Waals surface area contributed by atoms with Crippen LogP contribution >= 0.6 is 0 Å². The largest absolute Gasteiger partial charge is 0.481 e. The lowest BCUT2D eigenvalue weighted by Gasteiger charge is -2.31. The van der Waals surface area contributed by atoms with Crippen LogP contribution in [0.3, 0.4) is 0 Å². The maximum absolute atomic E-state index is 12.3. The van der Waals surface area contributed by atoms with E-state index in [0.717, 1.165) is 0 Å². The van der Waals surface area contributed by atoms with Gasteiger partial charge in [0.05, 0.1) is 68.1 Å². The second-order valence-electron chi connectivity index (χ2n) is 10.6. The maximum Gasteiger partial charge on any atom is 0.309 e. The Hall–Kier alpha value is -2.37. The van der Waals surface area contributed by atoms with Crippen LogP contribution in [-0.4, -0.2) is 140 Å². The van der Waals surface area contributed by atoms with Crippen LogP contribution in [0.4, 0.5) is 0 Å². The molecule has 14 unspecified atom stereocenters. The summed E-state index contributed by atoms with van der Waals surface area (Å²) in [4.78, 5) is 52.5. The van der Waals surface area contributed by atoms with Crippen LogP contribution in [0, 0.1) is 35.5 Å². The summed E-state index contributed by atoms with van der Waals surface area (Å²) in [6.45, 7) is -0.791. The summed E-state index contributed by atoms with van der Waals surface area (Å²) in [7, 11) is 0. The second-order valence-corrected chi connectivity index (χ2v) is 10.6. The highest BCUT2D eigenvalue weighted by Gasteiger charge is 2.57. The van der Waals surface area contributed by atoms with Gasteiger partial charge in [0, 0.05) is 17.8 Å². The summed E-state index contributed by atoms with van der Waals surface area (Å²) in [6.07, 6.45) is -9.16. The quantitative estimate of drug-likeness (QED) is 0.0533. The molecular formula is C24H36O19. The molecule has 246 valence electrons. The van der Waals surface area contributed by atoms with Gasteiger partial charge < -0.3 is 39.7 Å². The van der Waals surface area contributed by atoms with E-state index in [-0.39, 0.29) is 0 Å². The average molecular weight is 629 g/mol. The first-order valence-corrected chi connectivity index (χ1v) is 13.2. The summed E-state index contributed by atoms with van der Waals surface area (Å²) in [5.74, 6) is -11.8. The van der Waals surface area contributed by atoms with Crippen molar-refractivity contribution < 1.29 is 94.7 Å². The molecule has 43 heavy (non-hydrogen) atoms. The van der Waals surface area contributed by atoms with E-state index < -0.39 is 129 Å². The van der Waals surface area contributed by atoms with Gasteiger partial charge in [-0.2, -0.15) is 0 Å². The predicted octanol–water partition coefficient (Wildman–Crippen LogP) is -1.50. The molecule has 0 amide bonds. The molecule has 0 aromatic rings. The van der Waals surface area contributed by atoms with Gasteiger partial charge in [0.1, 0.15) is 24.9 Å². The third-order valence-corrected chi connectivity index (χ3v) is 8.35. The summed E-state index contributed by atoms with van der Waals surface area (Å²) in [5, 5.41) is 87.4. The number of aliphatic hydroxyl groups is 2. The molecule has 3 aliphatic rings. The third-order valence-electron chi connectivity index (χ3n) is 8.35. The Morgan fingerprint density at radius 1 is 0.628 bits per heavy atom. The van der Waals surface area contributed by atoms with Crippen LogP contribution in [0.25, 0.3) is 0 Å². The number of aliphatic carboxylic acids is 3. The summed E-state index contributed by atoms with van der Waals surface area (Å²) < 4.78 is 17.0. The van der Waals surface area contributed by atoms with Gasteiger partial charge in [0.25, 0.3) is 0 Å². The number of hydrogen-bond acceptors (Lipinski definition) is 16. The van der Waals surface area contributed by atoms with Crippen molar-refractivity contribution in [2.75, 3.05) is 26.4 Å². The molecule has 3 saturated heterocycles. The molecule has 3 aliphatic heterocycles. The molecule has 0 aromatic heterocycles. The van der Waals surface area contributed by atoms with Gasteiger partial charge in [-0.15, -0.1) is 0 Å². The van der Waals surface area contributed by atoms with Crippen molar-refractivity contribution in [3.05, 3.63) is 12.2 Å². The van der Waals surface area contributed by atoms with E-state index in [9.17, 15) is 39.9 Å². The van der Waals surface area contributed by atoms with Crippen molar-refractivity contribution in [2.24, 2.45) is 35.5 Å². The predicted molar refractivity (Wildman–Crippen MR) is 131 cm³/mol. The van der Waals surface area contributed by atoms with Gasteiger partial charge in [0.15, 0.2) is 0 Å². The van der Waals surface area contributed by atoms with Crippen molar-refractivity contribution in [1.82, 2.24) is 0 Å². The molecule has 9 N–H and O–H groups in total. The standard InChI is InChI=1S/C24H36O19/c1-8-15(22(27)28)11(6-39-35)20(41-8)18(25)19(26)21-17(24(31)32)9(4-37-33)12(43-21)2-3-13-16(23(29)30)10(5-38-34)14(42-13)7-40-36/h2-3,8-21,25-26,33-36H,4-7H2,1H3,(H,27,28)(H,29,30)(H,31,32). The fraction of sp³-hybridized carbons (Fsp3) is 0.792. The van der Waals surface area contributed by atoms with E-state index >= 15 is 0 Å². The van der Waals surface area contributed by atoms with E-state index in [0.29, 0.717) is 0 Å². The average Bonchev–Trinajstić information content (AvgIpc) is 3.59. The monoisotopic (exact) mass is 628 g/mol. The molecule has 0 aliphatic carbocycles. The SMILES string of the molecule is CC1OC(C(O)C(O)C2OC(C=CC3OC(COO)C(COO)C3C(=O)O)C(COO)C2C(=O)O)C(COO)C1C(=O)O. The Kier molecular flexibility index (Phi) is 12.7. The molecule has 0 radical (unpaired) electrons. The summed E-state index contributed by atoms with van der Waals surface area (Å²) in [5.41, 5.74) is 0. The summed E-state index contributed by atoms with van der Waals surface area (Å²) >= 11 is 0. The Morgan fingerprint density at radius 2 is 1.12 bits per heavy atom. The Bertz CT molecular complexity index is 976. The molecular weight excluding hydrogens is 592 g/mol. The molecule has 19 heteroatoms. The lowest BCUT2D eigenvalue weighted by atomic mass is 9.80. The number of aliphatic hydroxyl groups excluding tert-OH is 2. The topological polar surface area (TPSA) is 298 Å². The minimum atomic E-state index is -2.02. The van der Waals surface area contributed by atoms with Crippen molar-refractivity contribution in [2.45, 2.75) is 55.8 Å². The van der Waals surface area contributed by atoms with Crippen LogP contribution in [0.2, 0.25) is 0 Å². The van der Waals surface area contributed by atoms with E-state index in [1.165, 1.54) is 19.1 Å². The highest BCUT2D eigenvalue weighted by atomic mass is 17.1. The first-order chi connectivity index (χ1) is 20.4. The van der Waals surface area contributed by atoms with Crippen LogP contribution < -0.4 is 0 Å². The lowest BCUT2D eigenvalue weighted by Crippen LogP contribution is -2.51. The normalized spacial score (nSPS) is 39.3. The number of rotatable bonds is 16. The Morgan fingerprint density at radius 3 is 1.65 bits per heavy atom. The molecule has 14 atom stereocenters. The first-order valence-electron chi connectivity index (χ1n) is 13.2. The van der Waals surface area contributed by atoms with Crippen molar-refractivity contribution in [3.63, 3.8) is 0 Å². The minimum Gasteiger partial charge on any atom is -0.481 e. The first kappa shape index (κ1) is 35.1. The van der Waals surface area contributed by atoms with E-state index in [2.05, 4.69) is 19.6 Å². The lowest BCUT2D eigenvalue weighted by molar-refractivity contribution is -0.275. The number of carboxylic acids is 3. The van der Waals surface area contributed by atoms with Crippen LogP contribution in [-0.2, 0) is 48.1 Å². The fourth-order valence-corrected chi connectivity index (χ4v) is 6.38. The van der Waals surface area contributed by atoms with Gasteiger partial charge in [-0.3, -0.25) is 35.4 Å². The van der Waals surface area contributed by atoms with Gasteiger partial charge >= 0.3 is 17.9 Å². The van der Waals surface area contributed by atoms with Crippen LogP contribution in [0.5, 0.6) is 0 Å². The number of carboxylic acid groups (broad SMARTS) is 3. The van der Waals surface area contributed by atoms with E-state index in [4.69, 9.17) is 35.2 Å². The van der Waals surface area contributed by atoms with Crippen molar-refractivity contribution in [1.29, 1.82) is 0 Å². The summed E-state index contributed by atoms with van der Waals surface area (Å²) in [6, 6.07) is 0. The Balaban J connectivity index is 1.88. The molecule has 0 saturated carbocycles. The van der Waals surface area contributed by atoms with Crippen molar-refractivity contribution >= 4 is 17.9 Å². The minimum absolute atomic E-state index is 0.469. The number of carbonyl (C=O) groups is 3. The zero-order chi connectivity index (χ0) is 32.0. The van der Waals surface area contributed by atoms with Crippen LogP contribution in [0.1, 0.15) is 6.92 Å². The molecule has 3 fully saturated rings. The Labute approximate surface area is 243 Å². The smallest absolute Gasteiger partial charge is 0.309 e. The van der Waals surface area contributed by atoms with Gasteiger partial charge in [-0.1, -0.05) is 12.2 Å². The molecule has 0 aromatic carbocycles. The fourth-order valence-electron chi connectivity index (χ4n) is 6.38. The van der Waals surface area contributed by atoms with Gasteiger partial charge in [-0.25, -0.2) is 19.6 Å². The number of ether oxygens (including phenoxy) is 3. The molecule has 19 nitrogen and oxygen atoms in total. The highest BCUT2D eigenvalue weighted by molar-refractivity contribution is 5.73. The zero-order valence-electron chi connectivity index (χ0n) is 22.7. The van der Waals surface area contributed by atoms with E-state index in [1.807, 2.05) is 0 Å². The molecule has 0 bridgehead atoms. The zero-order valence-corrected chi connectivity index (χ0v) is 22.7. The van der Waals surface area contributed by atoms with Gasteiger partial charge in [-0.05, 0) is 6.92 Å². The third kappa shape index (κ3) is 7.48. The molecule has 3 heterocycles. The van der Waals surface area contributed by atoms with E-state index in [1.54, 1.807) is 0 Å². The second kappa shape index (κ2) is 15.6. The number of hydrogen-bond donors (Lipinski definition) is 9.